The maximum Gasteiger partial charge on any atom is 0.435 e. The molecule has 0 radical (unpaired) electrons. The van der Waals surface area contributed by atoms with E-state index in [9.17, 15) is 19.7 Å². The number of carbonyl (C=O) groups is 2. The highest BCUT2D eigenvalue weighted by Crippen LogP contribution is 2.34. The minimum Gasteiger partial charge on any atom is -0.442 e. The summed E-state index contributed by atoms with van der Waals surface area (Å²) in [6.07, 6.45) is 6.04. The van der Waals surface area contributed by atoms with Gasteiger partial charge >= 0.3 is 12.1 Å². The van der Waals surface area contributed by atoms with E-state index in [1.54, 1.807) is 88.5 Å². The molecule has 12 heteroatoms. The van der Waals surface area contributed by atoms with Crippen molar-refractivity contribution < 1.29 is 24.0 Å². The first kappa shape index (κ1) is 27.4. The first-order valence-corrected chi connectivity index (χ1v) is 12.8. The molecule has 5 rings (SSSR count). The third-order valence-corrected chi connectivity index (χ3v) is 6.33. The molecule has 41 heavy (non-hydrogen) atoms. The molecule has 0 amide bonds. The quantitative estimate of drug-likeness (QED) is 0.138. The van der Waals surface area contributed by atoms with Crippen molar-refractivity contribution in [3.05, 3.63) is 76.8 Å². The van der Waals surface area contributed by atoms with Crippen LogP contribution in [0.1, 0.15) is 46.9 Å². The molecule has 210 valence electrons. The molecule has 0 saturated carbocycles. The maximum atomic E-state index is 12.6. The molecule has 0 saturated heterocycles. The SMILES string of the molecule is CC(=O)Oc1ccc2nc(C3=CC=CC(C)([N+](=O)[O-])C3)nc(Nc3ccc4c(cnn4C(=O)OC(C)(C)C)c3)c2c1. The van der Waals surface area contributed by atoms with Gasteiger partial charge in [0.2, 0.25) is 5.54 Å². The molecule has 0 fully saturated rings. The molecule has 0 bridgehead atoms. The van der Waals surface area contributed by atoms with Gasteiger partial charge < -0.3 is 14.8 Å². The summed E-state index contributed by atoms with van der Waals surface area (Å²) in [6.45, 7) is 8.20. The third-order valence-electron chi connectivity index (χ3n) is 6.33. The number of anilines is 2. The van der Waals surface area contributed by atoms with Crippen LogP contribution in [0.5, 0.6) is 5.75 Å². The second kappa shape index (κ2) is 10.1. The van der Waals surface area contributed by atoms with Gasteiger partial charge in [-0.05, 0) is 63.2 Å². The van der Waals surface area contributed by atoms with Crippen LogP contribution in [0.15, 0.2) is 60.8 Å². The van der Waals surface area contributed by atoms with Crippen LogP contribution in [-0.2, 0) is 9.53 Å². The van der Waals surface area contributed by atoms with Crippen LogP contribution in [0.4, 0.5) is 16.3 Å². The lowest BCUT2D eigenvalue weighted by molar-refractivity contribution is -0.549. The Bertz CT molecular complexity index is 1780. The Labute approximate surface area is 234 Å². The van der Waals surface area contributed by atoms with Gasteiger partial charge in [-0.2, -0.15) is 9.78 Å². The largest absolute Gasteiger partial charge is 0.442 e. The minimum atomic E-state index is -1.28. The number of hydrogen-bond donors (Lipinski definition) is 1. The normalized spacial score (nSPS) is 16.9. The van der Waals surface area contributed by atoms with E-state index >= 15 is 0 Å². The molecule has 0 spiro atoms. The number of benzene rings is 2. The lowest BCUT2D eigenvalue weighted by Crippen LogP contribution is -2.34. The predicted molar refractivity (Wildman–Crippen MR) is 153 cm³/mol. The molecular weight excluding hydrogens is 528 g/mol. The molecule has 2 heterocycles. The van der Waals surface area contributed by atoms with Crippen molar-refractivity contribution >= 4 is 50.9 Å². The summed E-state index contributed by atoms with van der Waals surface area (Å²) < 4.78 is 11.9. The van der Waals surface area contributed by atoms with E-state index in [2.05, 4.69) is 15.4 Å². The number of carbonyl (C=O) groups excluding carboxylic acids is 2. The van der Waals surface area contributed by atoms with Crippen molar-refractivity contribution in [3.8, 4) is 5.75 Å². The van der Waals surface area contributed by atoms with E-state index in [4.69, 9.17) is 14.5 Å². The van der Waals surface area contributed by atoms with E-state index in [1.165, 1.54) is 11.6 Å². The molecule has 1 aliphatic rings. The number of allylic oxidation sites excluding steroid dienone is 2. The van der Waals surface area contributed by atoms with Gasteiger partial charge in [-0.15, -0.1) is 0 Å². The molecule has 1 N–H and O–H groups in total. The number of hydrogen-bond acceptors (Lipinski definition) is 10. The Morgan fingerprint density at radius 1 is 1.15 bits per heavy atom. The molecular formula is C29H28N6O6. The van der Waals surface area contributed by atoms with Gasteiger partial charge in [0.25, 0.3) is 0 Å². The van der Waals surface area contributed by atoms with Gasteiger partial charge in [0.15, 0.2) is 5.82 Å². The van der Waals surface area contributed by atoms with Gasteiger partial charge in [0, 0.05) is 40.8 Å². The predicted octanol–water partition coefficient (Wildman–Crippen LogP) is 5.81. The Morgan fingerprint density at radius 3 is 2.63 bits per heavy atom. The van der Waals surface area contributed by atoms with Crippen LogP contribution in [0.2, 0.25) is 0 Å². The van der Waals surface area contributed by atoms with Crippen molar-refractivity contribution in [2.75, 3.05) is 5.32 Å². The number of nitro groups is 1. The zero-order chi connectivity index (χ0) is 29.5. The van der Waals surface area contributed by atoms with Gasteiger partial charge in [-0.25, -0.2) is 14.8 Å². The average Bonchev–Trinajstić information content (AvgIpc) is 3.31. The molecule has 12 nitrogen and oxygen atoms in total. The maximum absolute atomic E-state index is 12.6. The van der Waals surface area contributed by atoms with E-state index in [0.29, 0.717) is 50.5 Å². The summed E-state index contributed by atoms with van der Waals surface area (Å²) in [6, 6.07) is 10.3. The summed E-state index contributed by atoms with van der Waals surface area (Å²) >= 11 is 0. The Hall–Kier alpha value is -5.13. The molecule has 2 aromatic carbocycles. The minimum absolute atomic E-state index is 0.114. The highest BCUT2D eigenvalue weighted by atomic mass is 16.6. The molecule has 1 aliphatic carbocycles. The number of rotatable bonds is 5. The molecule has 1 atom stereocenters. The monoisotopic (exact) mass is 556 g/mol. The topological polar surface area (TPSA) is 151 Å². The Balaban J connectivity index is 1.56. The molecule has 0 aliphatic heterocycles. The average molecular weight is 557 g/mol. The standard InChI is InChI=1S/C29H28N6O6/c1-17(36)40-21-9-10-23-22(14-21)26(33-25(32-23)18-7-6-12-29(5,15-18)35(38)39)31-20-8-11-24-19(13-20)16-30-34(24)27(37)41-28(2,3)4/h6-14,16H,15H2,1-5H3,(H,31,32,33). The van der Waals surface area contributed by atoms with Gasteiger partial charge in [-0.1, -0.05) is 12.2 Å². The second-order valence-electron chi connectivity index (χ2n) is 10.9. The summed E-state index contributed by atoms with van der Waals surface area (Å²) in [7, 11) is 0. The lowest BCUT2D eigenvalue weighted by atomic mass is 9.88. The van der Waals surface area contributed by atoms with E-state index in [-0.39, 0.29) is 11.3 Å². The van der Waals surface area contributed by atoms with Crippen molar-refractivity contribution in [1.29, 1.82) is 0 Å². The Kier molecular flexibility index (Phi) is 6.77. The van der Waals surface area contributed by atoms with E-state index in [1.807, 2.05) is 0 Å². The summed E-state index contributed by atoms with van der Waals surface area (Å²) in [5.41, 5.74) is 0.398. The van der Waals surface area contributed by atoms with Crippen molar-refractivity contribution in [1.82, 2.24) is 19.7 Å². The van der Waals surface area contributed by atoms with Gasteiger partial charge in [0.05, 0.1) is 23.7 Å². The van der Waals surface area contributed by atoms with Crippen LogP contribution in [0, 0.1) is 10.1 Å². The van der Waals surface area contributed by atoms with E-state index in [0.717, 1.165) is 0 Å². The van der Waals surface area contributed by atoms with Crippen molar-refractivity contribution in [2.45, 2.75) is 52.2 Å². The van der Waals surface area contributed by atoms with Crippen LogP contribution < -0.4 is 10.1 Å². The summed E-state index contributed by atoms with van der Waals surface area (Å²) in [4.78, 5) is 45.0. The summed E-state index contributed by atoms with van der Waals surface area (Å²) in [5, 5.41) is 20.5. The number of aromatic nitrogens is 4. The fourth-order valence-corrected chi connectivity index (χ4v) is 4.43. The highest BCUT2D eigenvalue weighted by Gasteiger charge is 2.37. The third kappa shape index (κ3) is 5.76. The lowest BCUT2D eigenvalue weighted by Gasteiger charge is -2.21. The first-order valence-electron chi connectivity index (χ1n) is 12.8. The second-order valence-corrected chi connectivity index (χ2v) is 10.9. The smallest absolute Gasteiger partial charge is 0.435 e. The van der Waals surface area contributed by atoms with Crippen LogP contribution >= 0.6 is 0 Å². The number of ether oxygens (including phenoxy) is 2. The van der Waals surface area contributed by atoms with Gasteiger partial charge in [-0.3, -0.25) is 14.9 Å². The number of nitrogens with one attached hydrogen (secondary N) is 1. The first-order chi connectivity index (χ1) is 19.3. The van der Waals surface area contributed by atoms with Crippen molar-refractivity contribution in [2.24, 2.45) is 0 Å². The molecule has 1 unspecified atom stereocenters. The molecule has 4 aromatic rings. The van der Waals surface area contributed by atoms with Crippen molar-refractivity contribution in [3.63, 3.8) is 0 Å². The van der Waals surface area contributed by atoms with Crippen LogP contribution in [-0.4, -0.2) is 47.9 Å². The van der Waals surface area contributed by atoms with Gasteiger partial charge in [0.1, 0.15) is 17.2 Å². The summed E-state index contributed by atoms with van der Waals surface area (Å²) in [5.74, 6) is 0.578. The number of fused-ring (bicyclic) bond motifs is 2. The number of nitrogens with zero attached hydrogens (tertiary/aromatic N) is 5. The molecule has 2 aromatic heterocycles. The fraction of sp³-hybridized carbons (Fsp3) is 0.276. The highest BCUT2D eigenvalue weighted by molar-refractivity contribution is 5.95. The Morgan fingerprint density at radius 2 is 1.93 bits per heavy atom. The number of esters is 1. The van der Waals surface area contributed by atoms with E-state index < -0.39 is 23.2 Å². The van der Waals surface area contributed by atoms with Crippen LogP contribution in [0.25, 0.3) is 27.4 Å². The fourth-order valence-electron chi connectivity index (χ4n) is 4.43. The van der Waals surface area contributed by atoms with Crippen LogP contribution in [0.3, 0.4) is 0 Å². The zero-order valence-corrected chi connectivity index (χ0v) is 23.2. The zero-order valence-electron chi connectivity index (χ0n) is 23.2.